The second-order valence-corrected chi connectivity index (χ2v) is 3.64. The Labute approximate surface area is 79.8 Å². The number of hydrogen-bond acceptors (Lipinski definition) is 4. The van der Waals surface area contributed by atoms with Crippen LogP contribution in [0.4, 0.5) is 0 Å². The van der Waals surface area contributed by atoms with Gasteiger partial charge in [-0.05, 0) is 6.92 Å². The summed E-state index contributed by atoms with van der Waals surface area (Å²) in [5.41, 5.74) is 0. The van der Waals surface area contributed by atoms with E-state index < -0.39 is 6.10 Å². The highest BCUT2D eigenvalue weighted by molar-refractivity contribution is 7.12. The molecular formula is C8H11NO3S. The maximum atomic E-state index is 11.2. The van der Waals surface area contributed by atoms with Crippen LogP contribution in [0.3, 0.4) is 0 Å². The highest BCUT2D eigenvalue weighted by Crippen LogP contribution is 2.19. The molecule has 1 heterocycles. The summed E-state index contributed by atoms with van der Waals surface area (Å²) in [4.78, 5) is 11.7. The van der Waals surface area contributed by atoms with E-state index in [9.17, 15) is 4.79 Å². The third-order valence-electron chi connectivity index (χ3n) is 1.37. The van der Waals surface area contributed by atoms with Crippen molar-refractivity contribution in [1.29, 1.82) is 0 Å². The molecule has 0 aliphatic heterocycles. The van der Waals surface area contributed by atoms with Gasteiger partial charge in [-0.25, -0.2) is 0 Å². The van der Waals surface area contributed by atoms with Crippen LogP contribution in [0.1, 0.15) is 16.6 Å². The summed E-state index contributed by atoms with van der Waals surface area (Å²) in [6, 6.07) is 1.39. The average Bonchev–Trinajstić information content (AvgIpc) is 2.47. The molecular weight excluding hydrogens is 190 g/mol. The van der Waals surface area contributed by atoms with E-state index >= 15 is 0 Å². The van der Waals surface area contributed by atoms with Crippen LogP contribution in [0.25, 0.3) is 0 Å². The maximum Gasteiger partial charge on any atom is 0.261 e. The highest BCUT2D eigenvalue weighted by atomic mass is 32.1. The summed E-state index contributed by atoms with van der Waals surface area (Å²) >= 11 is 1.17. The second kappa shape index (κ2) is 4.25. The molecule has 0 radical (unpaired) electrons. The van der Waals surface area contributed by atoms with Gasteiger partial charge in [-0.3, -0.25) is 4.79 Å². The second-order valence-electron chi connectivity index (χ2n) is 2.73. The van der Waals surface area contributed by atoms with E-state index in [4.69, 9.17) is 10.2 Å². The molecule has 13 heavy (non-hydrogen) atoms. The first-order valence-electron chi connectivity index (χ1n) is 3.83. The fourth-order valence-electron chi connectivity index (χ4n) is 0.773. The molecule has 0 fully saturated rings. The largest absolute Gasteiger partial charge is 0.507 e. The van der Waals surface area contributed by atoms with Crippen LogP contribution in [0.5, 0.6) is 5.75 Å². The molecule has 1 amide bonds. The van der Waals surface area contributed by atoms with Gasteiger partial charge in [0.2, 0.25) is 0 Å². The number of carbonyl (C=O) groups excluding carboxylic acids is 1. The van der Waals surface area contributed by atoms with Crippen molar-refractivity contribution in [3.8, 4) is 5.75 Å². The number of carbonyl (C=O) groups is 1. The molecule has 1 aromatic heterocycles. The van der Waals surface area contributed by atoms with Crippen LogP contribution in [0.15, 0.2) is 11.4 Å². The number of amides is 1. The number of rotatable bonds is 3. The Balaban J connectivity index is 2.49. The van der Waals surface area contributed by atoms with Crippen molar-refractivity contribution in [2.75, 3.05) is 6.54 Å². The Morgan fingerprint density at radius 1 is 1.77 bits per heavy atom. The maximum absolute atomic E-state index is 11.2. The van der Waals surface area contributed by atoms with E-state index in [0.717, 1.165) is 0 Å². The summed E-state index contributed by atoms with van der Waals surface area (Å²) in [7, 11) is 0. The number of aliphatic hydroxyl groups excluding tert-OH is 1. The first-order valence-corrected chi connectivity index (χ1v) is 4.71. The van der Waals surface area contributed by atoms with Gasteiger partial charge in [-0.1, -0.05) is 0 Å². The summed E-state index contributed by atoms with van der Waals surface area (Å²) in [6.45, 7) is 1.81. The molecule has 0 aliphatic carbocycles. The smallest absolute Gasteiger partial charge is 0.261 e. The van der Waals surface area contributed by atoms with Crippen molar-refractivity contribution in [1.82, 2.24) is 5.32 Å². The number of aromatic hydroxyl groups is 1. The summed E-state index contributed by atoms with van der Waals surface area (Å²) in [5, 5.41) is 21.9. The molecule has 0 saturated heterocycles. The van der Waals surface area contributed by atoms with Gasteiger partial charge in [0.25, 0.3) is 5.91 Å². The van der Waals surface area contributed by atoms with Crippen LogP contribution < -0.4 is 5.32 Å². The van der Waals surface area contributed by atoms with Crippen LogP contribution in [0.2, 0.25) is 0 Å². The van der Waals surface area contributed by atoms with Gasteiger partial charge in [-0.15, -0.1) is 11.3 Å². The van der Waals surface area contributed by atoms with E-state index in [-0.39, 0.29) is 18.2 Å². The molecule has 0 bridgehead atoms. The minimum Gasteiger partial charge on any atom is -0.507 e. The number of hydrogen-bond donors (Lipinski definition) is 3. The van der Waals surface area contributed by atoms with Crippen molar-refractivity contribution in [2.45, 2.75) is 13.0 Å². The Kier molecular flexibility index (Phi) is 3.27. The van der Waals surface area contributed by atoms with Crippen molar-refractivity contribution in [3.63, 3.8) is 0 Å². The van der Waals surface area contributed by atoms with Gasteiger partial charge < -0.3 is 15.5 Å². The SMILES string of the molecule is C[C@@H](O)CNC(=O)c1cc(O)cs1. The minimum atomic E-state index is -0.558. The number of nitrogens with one attached hydrogen (secondary N) is 1. The molecule has 1 rings (SSSR count). The Hall–Kier alpha value is -1.07. The van der Waals surface area contributed by atoms with Crippen molar-refractivity contribution in [2.24, 2.45) is 0 Å². The first kappa shape index (κ1) is 10.0. The molecule has 72 valence electrons. The lowest BCUT2D eigenvalue weighted by Crippen LogP contribution is -2.29. The number of aliphatic hydroxyl groups is 1. The Bertz CT molecular complexity index is 295. The van der Waals surface area contributed by atoms with Gasteiger partial charge >= 0.3 is 0 Å². The standard InChI is InChI=1S/C8H11NO3S/c1-5(10)3-9-8(12)7-2-6(11)4-13-7/h2,4-5,10-11H,3H2,1H3,(H,9,12)/t5-/m1/s1. The zero-order valence-electron chi connectivity index (χ0n) is 7.15. The quantitative estimate of drug-likeness (QED) is 0.669. The normalized spacial score (nSPS) is 12.5. The molecule has 1 aromatic rings. The third-order valence-corrected chi connectivity index (χ3v) is 2.28. The van der Waals surface area contributed by atoms with E-state index in [1.165, 1.54) is 22.8 Å². The average molecular weight is 201 g/mol. The molecule has 1 atom stereocenters. The van der Waals surface area contributed by atoms with E-state index in [2.05, 4.69) is 5.32 Å². The van der Waals surface area contributed by atoms with Crippen LogP contribution in [-0.4, -0.2) is 28.8 Å². The Morgan fingerprint density at radius 3 is 2.92 bits per heavy atom. The van der Waals surface area contributed by atoms with Crippen LogP contribution in [-0.2, 0) is 0 Å². The predicted molar refractivity (Wildman–Crippen MR) is 50.0 cm³/mol. The zero-order chi connectivity index (χ0) is 9.84. The monoisotopic (exact) mass is 201 g/mol. The van der Waals surface area contributed by atoms with E-state index in [1.54, 1.807) is 6.92 Å². The fraction of sp³-hybridized carbons (Fsp3) is 0.375. The van der Waals surface area contributed by atoms with Gasteiger partial charge in [0.1, 0.15) is 5.75 Å². The lowest BCUT2D eigenvalue weighted by atomic mass is 10.4. The molecule has 3 N–H and O–H groups in total. The first-order chi connectivity index (χ1) is 6.09. The topological polar surface area (TPSA) is 69.6 Å². The summed E-state index contributed by atoms with van der Waals surface area (Å²) in [5.74, 6) is -0.182. The molecule has 0 unspecified atom stereocenters. The summed E-state index contributed by atoms with van der Waals surface area (Å²) < 4.78 is 0. The highest BCUT2D eigenvalue weighted by Gasteiger charge is 2.08. The van der Waals surface area contributed by atoms with Crippen molar-refractivity contribution >= 4 is 17.2 Å². The van der Waals surface area contributed by atoms with Gasteiger partial charge in [0.05, 0.1) is 11.0 Å². The van der Waals surface area contributed by atoms with Crippen LogP contribution in [0, 0.1) is 0 Å². The lowest BCUT2D eigenvalue weighted by Gasteiger charge is -2.04. The van der Waals surface area contributed by atoms with Gasteiger partial charge in [0.15, 0.2) is 0 Å². The van der Waals surface area contributed by atoms with Gasteiger partial charge in [0, 0.05) is 18.0 Å². The Morgan fingerprint density at radius 2 is 2.46 bits per heavy atom. The molecule has 4 nitrogen and oxygen atoms in total. The molecule has 0 saturated carbocycles. The summed E-state index contributed by atoms with van der Waals surface area (Å²) in [6.07, 6.45) is -0.558. The van der Waals surface area contributed by atoms with E-state index in [1.807, 2.05) is 0 Å². The minimum absolute atomic E-state index is 0.0900. The van der Waals surface area contributed by atoms with Crippen molar-refractivity contribution < 1.29 is 15.0 Å². The molecule has 5 heteroatoms. The third kappa shape index (κ3) is 3.04. The molecule has 0 aliphatic rings. The van der Waals surface area contributed by atoms with Crippen molar-refractivity contribution in [3.05, 3.63) is 16.3 Å². The van der Waals surface area contributed by atoms with E-state index in [0.29, 0.717) is 4.88 Å². The number of thiophene rings is 1. The predicted octanol–water partition coefficient (Wildman–Crippen LogP) is 0.564. The lowest BCUT2D eigenvalue weighted by molar-refractivity contribution is 0.0928. The van der Waals surface area contributed by atoms with Gasteiger partial charge in [-0.2, -0.15) is 0 Å². The molecule has 0 aromatic carbocycles. The zero-order valence-corrected chi connectivity index (χ0v) is 7.97. The fourth-order valence-corrected chi connectivity index (χ4v) is 1.46. The van der Waals surface area contributed by atoms with Crippen LogP contribution >= 0.6 is 11.3 Å². The molecule has 0 spiro atoms.